The molecule has 22 heavy (non-hydrogen) atoms. The molecule has 3 rings (SSSR count). The van der Waals surface area contributed by atoms with E-state index in [1.165, 1.54) is 12.1 Å². The van der Waals surface area contributed by atoms with Crippen LogP contribution in [0.2, 0.25) is 0 Å². The quantitative estimate of drug-likeness (QED) is 0.784. The summed E-state index contributed by atoms with van der Waals surface area (Å²) in [7, 11) is 0. The highest BCUT2D eigenvalue weighted by atomic mass is 19.1. The molecule has 2 heterocycles. The number of nitriles is 1. The number of halogens is 1. The van der Waals surface area contributed by atoms with E-state index < -0.39 is 0 Å². The van der Waals surface area contributed by atoms with Crippen molar-refractivity contribution in [2.75, 3.05) is 5.73 Å². The number of nitrogen functional groups attached to an aromatic ring is 1. The number of rotatable bonds is 2. The molecule has 0 bridgehead atoms. The molecule has 5 heteroatoms. The van der Waals surface area contributed by atoms with Gasteiger partial charge in [0.1, 0.15) is 23.3 Å². The summed E-state index contributed by atoms with van der Waals surface area (Å²) in [5, 5.41) is 9.32. The lowest BCUT2D eigenvalue weighted by Gasteiger charge is -2.10. The number of nitrogens with two attached hydrogens (primary N) is 1. The van der Waals surface area contributed by atoms with Gasteiger partial charge in [0.2, 0.25) is 0 Å². The van der Waals surface area contributed by atoms with Crippen molar-refractivity contribution in [3.63, 3.8) is 0 Å². The van der Waals surface area contributed by atoms with E-state index in [4.69, 9.17) is 5.73 Å². The van der Waals surface area contributed by atoms with E-state index in [0.717, 1.165) is 5.56 Å². The van der Waals surface area contributed by atoms with Gasteiger partial charge in [-0.1, -0.05) is 12.1 Å². The minimum Gasteiger partial charge on any atom is -0.383 e. The van der Waals surface area contributed by atoms with E-state index in [1.807, 2.05) is 6.07 Å². The van der Waals surface area contributed by atoms with Gasteiger partial charge < -0.3 is 5.73 Å². The maximum absolute atomic E-state index is 13.5. The fourth-order valence-electron chi connectivity index (χ4n) is 2.24. The van der Waals surface area contributed by atoms with Crippen LogP contribution in [0.1, 0.15) is 5.56 Å². The molecule has 2 aromatic heterocycles. The summed E-state index contributed by atoms with van der Waals surface area (Å²) in [4.78, 5) is 8.21. The van der Waals surface area contributed by atoms with Crippen LogP contribution in [0.25, 0.3) is 22.4 Å². The highest BCUT2D eigenvalue weighted by molar-refractivity contribution is 5.80. The van der Waals surface area contributed by atoms with Gasteiger partial charge in [-0.3, -0.25) is 4.98 Å². The molecule has 0 aliphatic rings. The van der Waals surface area contributed by atoms with Crippen molar-refractivity contribution in [3.8, 4) is 28.5 Å². The average molecular weight is 290 g/mol. The molecule has 0 unspecified atom stereocenters. The zero-order chi connectivity index (χ0) is 15.5. The van der Waals surface area contributed by atoms with Crippen molar-refractivity contribution in [2.24, 2.45) is 0 Å². The fourth-order valence-corrected chi connectivity index (χ4v) is 2.24. The summed E-state index contributed by atoms with van der Waals surface area (Å²) in [5.74, 6) is -0.252. The van der Waals surface area contributed by atoms with Crippen LogP contribution in [0.3, 0.4) is 0 Å². The largest absolute Gasteiger partial charge is 0.383 e. The fraction of sp³-hybridized carbons (Fsp3) is 0. The molecule has 0 fully saturated rings. The van der Waals surface area contributed by atoms with E-state index in [-0.39, 0.29) is 17.2 Å². The highest BCUT2D eigenvalue weighted by Gasteiger charge is 2.13. The average Bonchev–Trinajstić information content (AvgIpc) is 2.55. The van der Waals surface area contributed by atoms with Gasteiger partial charge in [-0.05, 0) is 35.9 Å². The Morgan fingerprint density at radius 3 is 2.50 bits per heavy atom. The first-order chi connectivity index (χ1) is 10.7. The lowest BCUT2D eigenvalue weighted by atomic mass is 9.98. The van der Waals surface area contributed by atoms with Crippen LogP contribution < -0.4 is 5.73 Å². The Labute approximate surface area is 126 Å². The lowest BCUT2D eigenvalue weighted by molar-refractivity contribution is 0.628. The Kier molecular flexibility index (Phi) is 3.50. The maximum atomic E-state index is 13.5. The number of pyridine rings is 2. The van der Waals surface area contributed by atoms with Crippen molar-refractivity contribution in [1.29, 1.82) is 5.26 Å². The molecule has 1 aromatic carbocycles. The van der Waals surface area contributed by atoms with E-state index in [2.05, 4.69) is 9.97 Å². The Bertz CT molecular complexity index is 870. The van der Waals surface area contributed by atoms with Crippen molar-refractivity contribution < 1.29 is 4.39 Å². The Morgan fingerprint density at radius 2 is 1.82 bits per heavy atom. The molecule has 0 saturated carbocycles. The van der Waals surface area contributed by atoms with Crippen LogP contribution >= 0.6 is 0 Å². The van der Waals surface area contributed by atoms with Crippen molar-refractivity contribution in [1.82, 2.24) is 9.97 Å². The number of anilines is 1. The monoisotopic (exact) mass is 290 g/mol. The first-order valence-corrected chi connectivity index (χ1v) is 6.56. The maximum Gasteiger partial charge on any atom is 0.142 e. The van der Waals surface area contributed by atoms with Gasteiger partial charge in [0, 0.05) is 23.5 Å². The van der Waals surface area contributed by atoms with Crippen LogP contribution in [0.5, 0.6) is 0 Å². The second kappa shape index (κ2) is 5.62. The molecule has 4 nitrogen and oxygen atoms in total. The lowest BCUT2D eigenvalue weighted by Crippen LogP contribution is -2.00. The number of nitrogens with zero attached hydrogens (tertiary/aromatic N) is 3. The number of aromatic nitrogens is 2. The molecule has 0 saturated heterocycles. The minimum atomic E-state index is -0.373. The summed E-state index contributed by atoms with van der Waals surface area (Å²) in [6, 6.07) is 13.4. The Morgan fingerprint density at radius 1 is 1.05 bits per heavy atom. The van der Waals surface area contributed by atoms with Gasteiger partial charge in [-0.25, -0.2) is 9.37 Å². The van der Waals surface area contributed by atoms with E-state index >= 15 is 0 Å². The van der Waals surface area contributed by atoms with E-state index in [0.29, 0.717) is 16.8 Å². The van der Waals surface area contributed by atoms with Crippen molar-refractivity contribution >= 4 is 5.82 Å². The molecule has 0 aliphatic heterocycles. The van der Waals surface area contributed by atoms with Crippen LogP contribution in [-0.4, -0.2) is 9.97 Å². The molecule has 0 aliphatic carbocycles. The van der Waals surface area contributed by atoms with Crippen molar-refractivity contribution in [2.45, 2.75) is 0 Å². The molecule has 0 amide bonds. The highest BCUT2D eigenvalue weighted by Crippen LogP contribution is 2.31. The minimum absolute atomic E-state index is 0.121. The topological polar surface area (TPSA) is 75.6 Å². The second-order valence-corrected chi connectivity index (χ2v) is 4.67. The standard InChI is InChI=1S/C17H11FN4/c18-13-3-1-2-12(8-13)14-9-16(11-4-6-21-7-5-11)22-17(20)15(14)10-19/h1-9H,(H2,20,22). The summed E-state index contributed by atoms with van der Waals surface area (Å²) >= 11 is 0. The molecular formula is C17H11FN4. The summed E-state index contributed by atoms with van der Waals surface area (Å²) in [5.41, 5.74) is 8.72. The van der Waals surface area contributed by atoms with Gasteiger partial charge in [-0.2, -0.15) is 5.26 Å². The summed E-state index contributed by atoms with van der Waals surface area (Å²) in [6.07, 6.45) is 3.29. The third kappa shape index (κ3) is 2.50. The van der Waals surface area contributed by atoms with Crippen LogP contribution in [-0.2, 0) is 0 Å². The molecule has 2 N–H and O–H groups in total. The predicted molar refractivity (Wildman–Crippen MR) is 82.0 cm³/mol. The third-order valence-corrected chi connectivity index (χ3v) is 3.27. The molecule has 3 aromatic rings. The van der Waals surface area contributed by atoms with Crippen molar-refractivity contribution in [3.05, 3.63) is 66.2 Å². The van der Waals surface area contributed by atoms with Gasteiger partial charge in [-0.15, -0.1) is 0 Å². The van der Waals surface area contributed by atoms with Crippen LogP contribution in [0.15, 0.2) is 54.9 Å². The first-order valence-electron chi connectivity index (χ1n) is 6.56. The van der Waals surface area contributed by atoms with Crippen LogP contribution in [0.4, 0.5) is 10.2 Å². The zero-order valence-electron chi connectivity index (χ0n) is 11.5. The van der Waals surface area contributed by atoms with E-state index in [9.17, 15) is 9.65 Å². The normalized spacial score (nSPS) is 10.2. The summed E-state index contributed by atoms with van der Waals surface area (Å²) in [6.45, 7) is 0. The Hall–Kier alpha value is -3.26. The SMILES string of the molecule is N#Cc1c(-c2cccc(F)c2)cc(-c2ccncc2)nc1N. The first kappa shape index (κ1) is 13.7. The molecule has 0 spiro atoms. The molecular weight excluding hydrogens is 279 g/mol. The smallest absolute Gasteiger partial charge is 0.142 e. The summed E-state index contributed by atoms with van der Waals surface area (Å²) < 4.78 is 13.5. The Balaban J connectivity index is 2.25. The van der Waals surface area contributed by atoms with Crippen LogP contribution in [0, 0.1) is 17.1 Å². The molecule has 0 radical (unpaired) electrons. The van der Waals surface area contributed by atoms with Gasteiger partial charge in [0.15, 0.2) is 0 Å². The second-order valence-electron chi connectivity index (χ2n) is 4.67. The number of hydrogen-bond donors (Lipinski definition) is 1. The van der Waals surface area contributed by atoms with E-state index in [1.54, 1.807) is 42.7 Å². The van der Waals surface area contributed by atoms with Gasteiger partial charge >= 0.3 is 0 Å². The predicted octanol–water partition coefficient (Wildman–Crippen LogP) is 3.40. The molecule has 0 atom stereocenters. The van der Waals surface area contributed by atoms with Gasteiger partial charge in [0.25, 0.3) is 0 Å². The van der Waals surface area contributed by atoms with Gasteiger partial charge in [0.05, 0.1) is 5.69 Å². The molecule has 106 valence electrons. The zero-order valence-corrected chi connectivity index (χ0v) is 11.5. The number of benzene rings is 1. The third-order valence-electron chi connectivity index (χ3n) is 3.27. The number of hydrogen-bond acceptors (Lipinski definition) is 4.